The largest absolute Gasteiger partial charge is 0.435 e. The Labute approximate surface area is 172 Å². The van der Waals surface area contributed by atoms with Crippen molar-refractivity contribution in [1.29, 1.82) is 0 Å². The van der Waals surface area contributed by atoms with Crippen molar-refractivity contribution in [2.75, 3.05) is 18.0 Å². The molecule has 3 rings (SSSR count). The van der Waals surface area contributed by atoms with Crippen LogP contribution in [0.25, 0.3) is 0 Å². The Kier molecular flexibility index (Phi) is 6.23. The molecule has 1 aromatic carbocycles. The number of aryl methyl sites for hydroxylation is 1. The summed E-state index contributed by atoms with van der Waals surface area (Å²) in [5.41, 5.74) is 0.0351. The Morgan fingerprint density at radius 2 is 1.90 bits per heavy atom. The van der Waals surface area contributed by atoms with Gasteiger partial charge < -0.3 is 4.90 Å². The number of halogens is 3. The van der Waals surface area contributed by atoms with Crippen LogP contribution in [0.4, 0.5) is 18.9 Å². The van der Waals surface area contributed by atoms with Crippen LogP contribution in [-0.4, -0.2) is 37.2 Å². The Balaban J connectivity index is 1.60. The van der Waals surface area contributed by atoms with E-state index in [1.54, 1.807) is 24.0 Å². The standard InChI is InChI=1S/C19H23F3N4O3S/c1-13(12-26-14(2)10-17(24-26)19(20,21)22)11-23-30(28,29)16-7-5-15(6-8-16)25-9-3-4-18(25)27/h5-8,10,13,23H,3-4,9,11-12H2,1-2H3. The lowest BCUT2D eigenvalue weighted by Gasteiger charge is -2.17. The van der Waals surface area contributed by atoms with Gasteiger partial charge in [-0.15, -0.1) is 0 Å². The van der Waals surface area contributed by atoms with Crippen LogP contribution in [0.2, 0.25) is 0 Å². The number of anilines is 1. The molecule has 11 heteroatoms. The first-order chi connectivity index (χ1) is 14.0. The maximum Gasteiger partial charge on any atom is 0.435 e. The summed E-state index contributed by atoms with van der Waals surface area (Å²) in [4.78, 5) is 13.5. The van der Waals surface area contributed by atoms with Crippen molar-refractivity contribution in [2.24, 2.45) is 5.92 Å². The number of alkyl halides is 3. The van der Waals surface area contributed by atoms with Gasteiger partial charge in [-0.2, -0.15) is 18.3 Å². The Hall–Kier alpha value is -2.40. The average molecular weight is 444 g/mol. The number of carbonyl (C=O) groups excluding carboxylic acids is 1. The van der Waals surface area contributed by atoms with Gasteiger partial charge in [-0.1, -0.05) is 6.92 Å². The fourth-order valence-electron chi connectivity index (χ4n) is 3.25. The third-order valence-corrected chi connectivity index (χ3v) is 6.35. The number of carbonyl (C=O) groups is 1. The van der Waals surface area contributed by atoms with Gasteiger partial charge in [0.15, 0.2) is 5.69 Å². The fraction of sp³-hybridized carbons (Fsp3) is 0.474. The molecule has 1 atom stereocenters. The summed E-state index contributed by atoms with van der Waals surface area (Å²) in [6.07, 6.45) is -3.26. The summed E-state index contributed by atoms with van der Waals surface area (Å²) >= 11 is 0. The minimum absolute atomic E-state index is 0.0140. The normalized spacial score (nSPS) is 16.3. The fourth-order valence-corrected chi connectivity index (χ4v) is 4.42. The van der Waals surface area contributed by atoms with Crippen LogP contribution in [0.1, 0.15) is 31.2 Å². The van der Waals surface area contributed by atoms with E-state index in [-0.39, 0.29) is 29.8 Å². The molecule has 2 heterocycles. The van der Waals surface area contributed by atoms with Crippen LogP contribution >= 0.6 is 0 Å². The van der Waals surface area contributed by atoms with Crippen molar-refractivity contribution in [1.82, 2.24) is 14.5 Å². The highest BCUT2D eigenvalue weighted by atomic mass is 32.2. The number of hydrogen-bond donors (Lipinski definition) is 1. The number of hydrogen-bond acceptors (Lipinski definition) is 4. The van der Waals surface area contributed by atoms with E-state index in [1.807, 2.05) is 0 Å². The van der Waals surface area contributed by atoms with Crippen LogP contribution in [0.15, 0.2) is 35.2 Å². The third-order valence-electron chi connectivity index (χ3n) is 4.91. The summed E-state index contributed by atoms with van der Waals surface area (Å²) in [5, 5.41) is 3.56. The lowest BCUT2D eigenvalue weighted by atomic mass is 10.2. The molecule has 164 valence electrons. The maximum atomic E-state index is 12.8. The molecule has 0 spiro atoms. The van der Waals surface area contributed by atoms with E-state index in [2.05, 4.69) is 9.82 Å². The quantitative estimate of drug-likeness (QED) is 0.712. The van der Waals surface area contributed by atoms with Crippen LogP contribution in [0, 0.1) is 12.8 Å². The zero-order valence-electron chi connectivity index (χ0n) is 16.6. The van der Waals surface area contributed by atoms with Crippen molar-refractivity contribution >= 4 is 21.6 Å². The second-order valence-electron chi connectivity index (χ2n) is 7.45. The first kappa shape index (κ1) is 22.3. The number of benzene rings is 1. The predicted molar refractivity (Wildman–Crippen MR) is 104 cm³/mol. The molecule has 1 fully saturated rings. The molecule has 7 nitrogen and oxygen atoms in total. The Morgan fingerprint density at radius 1 is 1.23 bits per heavy atom. The smallest absolute Gasteiger partial charge is 0.312 e. The number of nitrogens with zero attached hydrogens (tertiary/aromatic N) is 3. The molecule has 0 bridgehead atoms. The highest BCUT2D eigenvalue weighted by Gasteiger charge is 2.34. The summed E-state index contributed by atoms with van der Waals surface area (Å²) in [6, 6.07) is 7.01. The van der Waals surface area contributed by atoms with Crippen molar-refractivity contribution in [3.63, 3.8) is 0 Å². The van der Waals surface area contributed by atoms with Gasteiger partial charge in [0, 0.05) is 37.4 Å². The number of rotatable bonds is 7. The monoisotopic (exact) mass is 444 g/mol. The van der Waals surface area contributed by atoms with Gasteiger partial charge >= 0.3 is 6.18 Å². The van der Waals surface area contributed by atoms with Crippen molar-refractivity contribution < 1.29 is 26.4 Å². The molecule has 0 saturated carbocycles. The molecular formula is C19H23F3N4O3S. The van der Waals surface area contributed by atoms with E-state index in [0.717, 1.165) is 12.5 Å². The minimum Gasteiger partial charge on any atom is -0.312 e. The van der Waals surface area contributed by atoms with Gasteiger partial charge in [-0.3, -0.25) is 9.48 Å². The van der Waals surface area contributed by atoms with Gasteiger partial charge in [0.05, 0.1) is 4.90 Å². The number of amides is 1. The second-order valence-corrected chi connectivity index (χ2v) is 9.22. The molecule has 1 aromatic heterocycles. The molecule has 1 saturated heterocycles. The van der Waals surface area contributed by atoms with Gasteiger partial charge in [-0.25, -0.2) is 13.1 Å². The van der Waals surface area contributed by atoms with Crippen molar-refractivity contribution in [3.8, 4) is 0 Å². The van der Waals surface area contributed by atoms with Gasteiger partial charge in [0.1, 0.15) is 0 Å². The molecule has 1 N–H and O–H groups in total. The highest BCUT2D eigenvalue weighted by Crippen LogP contribution is 2.28. The lowest BCUT2D eigenvalue weighted by molar-refractivity contribution is -0.141. The molecule has 30 heavy (non-hydrogen) atoms. The summed E-state index contributed by atoms with van der Waals surface area (Å²) < 4.78 is 67.1. The summed E-state index contributed by atoms with van der Waals surface area (Å²) in [6.45, 7) is 4.03. The van der Waals surface area contributed by atoms with Gasteiger partial charge in [0.25, 0.3) is 0 Å². The Morgan fingerprint density at radius 3 is 2.43 bits per heavy atom. The van der Waals surface area contributed by atoms with Crippen LogP contribution < -0.4 is 9.62 Å². The van der Waals surface area contributed by atoms with Crippen LogP contribution in [-0.2, 0) is 27.5 Å². The van der Waals surface area contributed by atoms with E-state index in [1.165, 1.54) is 23.7 Å². The second kappa shape index (κ2) is 8.38. The number of aromatic nitrogens is 2. The molecular weight excluding hydrogens is 421 g/mol. The molecule has 1 amide bonds. The molecule has 1 unspecified atom stereocenters. The van der Waals surface area contributed by atoms with E-state index in [4.69, 9.17) is 0 Å². The topological polar surface area (TPSA) is 84.3 Å². The molecule has 1 aliphatic heterocycles. The average Bonchev–Trinajstić information content (AvgIpc) is 3.26. The SMILES string of the molecule is Cc1cc(C(F)(F)F)nn1CC(C)CNS(=O)(=O)c1ccc(N2CCCC2=O)cc1. The summed E-state index contributed by atoms with van der Waals surface area (Å²) in [5.74, 6) is -0.277. The van der Waals surface area contributed by atoms with Crippen molar-refractivity contribution in [3.05, 3.63) is 41.7 Å². The minimum atomic E-state index is -4.52. The third kappa shape index (κ3) is 5.01. The zero-order valence-corrected chi connectivity index (χ0v) is 17.4. The van der Waals surface area contributed by atoms with E-state index in [0.29, 0.717) is 24.3 Å². The van der Waals surface area contributed by atoms with Gasteiger partial charge in [-0.05, 0) is 49.6 Å². The Bertz CT molecular complexity index is 1020. The van der Waals surface area contributed by atoms with Gasteiger partial charge in [0.2, 0.25) is 15.9 Å². The maximum absolute atomic E-state index is 12.8. The summed E-state index contributed by atoms with van der Waals surface area (Å²) in [7, 11) is -3.79. The van der Waals surface area contributed by atoms with Crippen LogP contribution in [0.3, 0.4) is 0 Å². The van der Waals surface area contributed by atoms with E-state index >= 15 is 0 Å². The number of sulfonamides is 1. The predicted octanol–water partition coefficient (Wildman–Crippen LogP) is 2.95. The molecule has 1 aliphatic rings. The zero-order chi connectivity index (χ0) is 22.1. The molecule has 0 radical (unpaired) electrons. The van der Waals surface area contributed by atoms with E-state index in [9.17, 15) is 26.4 Å². The first-order valence-corrected chi connectivity index (χ1v) is 11.0. The van der Waals surface area contributed by atoms with E-state index < -0.39 is 21.9 Å². The molecule has 0 aliphatic carbocycles. The van der Waals surface area contributed by atoms with Crippen LogP contribution in [0.5, 0.6) is 0 Å². The highest BCUT2D eigenvalue weighted by molar-refractivity contribution is 7.89. The number of nitrogens with one attached hydrogen (secondary N) is 1. The van der Waals surface area contributed by atoms with Crippen molar-refractivity contribution in [2.45, 2.75) is 44.3 Å². The lowest BCUT2D eigenvalue weighted by Crippen LogP contribution is -2.30. The first-order valence-electron chi connectivity index (χ1n) is 9.49. The molecule has 2 aromatic rings.